The van der Waals surface area contributed by atoms with Crippen LogP contribution in [0, 0.1) is 0 Å². The van der Waals surface area contributed by atoms with Gasteiger partial charge in [0.2, 0.25) is 5.91 Å². The quantitative estimate of drug-likeness (QED) is 0.505. The highest BCUT2D eigenvalue weighted by molar-refractivity contribution is 6.22. The normalized spacial score (nSPS) is 12.9. The van der Waals surface area contributed by atoms with Crippen molar-refractivity contribution in [3.05, 3.63) is 35.4 Å². The van der Waals surface area contributed by atoms with Gasteiger partial charge in [-0.1, -0.05) is 12.1 Å². The largest absolute Gasteiger partial charge is 0.466 e. The number of amides is 3. The van der Waals surface area contributed by atoms with Crippen LogP contribution in [-0.2, 0) is 14.3 Å². The lowest BCUT2D eigenvalue weighted by Gasteiger charge is -2.24. The molecule has 1 aromatic rings. The molecule has 0 atom stereocenters. The van der Waals surface area contributed by atoms with E-state index in [9.17, 15) is 19.2 Å². The Morgan fingerprint density at radius 2 is 1.73 bits per heavy atom. The lowest BCUT2D eigenvalue weighted by Crippen LogP contribution is -2.44. The summed E-state index contributed by atoms with van der Waals surface area (Å²) in [6, 6.07) is 6.40. The summed E-state index contributed by atoms with van der Waals surface area (Å²) in [6.45, 7) is 1.74. The number of esters is 1. The minimum atomic E-state index is -0.508. The van der Waals surface area contributed by atoms with Crippen LogP contribution in [0.1, 0.15) is 40.5 Å². The molecule has 1 aromatic carbocycles. The number of nitrogens with zero attached hydrogens (tertiary/aromatic N) is 2. The van der Waals surface area contributed by atoms with Gasteiger partial charge in [-0.15, -0.1) is 0 Å². The first-order valence-corrected chi connectivity index (χ1v) is 8.49. The molecule has 1 N–H and O–H groups in total. The molecule has 0 aromatic heterocycles. The van der Waals surface area contributed by atoms with Crippen LogP contribution in [0.3, 0.4) is 0 Å². The predicted octanol–water partition coefficient (Wildman–Crippen LogP) is 0.447. The van der Waals surface area contributed by atoms with Crippen LogP contribution in [0.4, 0.5) is 0 Å². The van der Waals surface area contributed by atoms with Crippen molar-refractivity contribution in [3.63, 3.8) is 0 Å². The average Bonchev–Trinajstić information content (AvgIpc) is 2.87. The van der Waals surface area contributed by atoms with E-state index in [1.807, 2.05) is 0 Å². The number of carbonyl (C=O) groups is 4. The van der Waals surface area contributed by atoms with Gasteiger partial charge in [0.05, 0.1) is 24.2 Å². The first kappa shape index (κ1) is 19.6. The van der Waals surface area contributed by atoms with E-state index in [1.165, 1.54) is 4.90 Å². The monoisotopic (exact) mass is 362 g/mol. The van der Waals surface area contributed by atoms with E-state index in [0.717, 1.165) is 4.90 Å². The van der Waals surface area contributed by atoms with E-state index in [0.29, 0.717) is 6.42 Å². The molecule has 1 aliphatic rings. The van der Waals surface area contributed by atoms with E-state index in [1.54, 1.807) is 31.2 Å². The third-order valence-electron chi connectivity index (χ3n) is 4.00. The summed E-state index contributed by atoms with van der Waals surface area (Å²) >= 11 is 0. The Kier molecular flexibility index (Phi) is 6.85. The summed E-state index contributed by atoms with van der Waals surface area (Å²) in [4.78, 5) is 51.0. The zero-order chi connectivity index (χ0) is 19.1. The van der Waals surface area contributed by atoms with Crippen molar-refractivity contribution in [2.24, 2.45) is 0 Å². The van der Waals surface area contributed by atoms with Crippen LogP contribution in [0.25, 0.3) is 0 Å². The Morgan fingerprint density at radius 1 is 1.12 bits per heavy atom. The summed E-state index contributed by atoms with van der Waals surface area (Å²) in [5, 5.41) is 9.00. The molecule has 0 radical (unpaired) electrons. The van der Waals surface area contributed by atoms with Crippen molar-refractivity contribution in [2.75, 3.05) is 32.8 Å². The highest BCUT2D eigenvalue weighted by Gasteiger charge is 2.37. The Hall–Kier alpha value is -2.74. The Balaban J connectivity index is 2.03. The van der Waals surface area contributed by atoms with Crippen molar-refractivity contribution >= 4 is 23.7 Å². The van der Waals surface area contributed by atoms with Crippen molar-refractivity contribution in [3.8, 4) is 0 Å². The molecule has 26 heavy (non-hydrogen) atoms. The van der Waals surface area contributed by atoms with Gasteiger partial charge in [-0.25, -0.2) is 0 Å². The summed E-state index contributed by atoms with van der Waals surface area (Å²) < 4.78 is 4.84. The van der Waals surface area contributed by atoms with E-state index in [4.69, 9.17) is 9.84 Å². The molecule has 0 unspecified atom stereocenters. The minimum absolute atomic E-state index is 0.00707. The molecular weight excluding hydrogens is 340 g/mol. The maximum atomic E-state index is 12.6. The number of aliphatic hydroxyl groups excluding tert-OH is 1. The fourth-order valence-corrected chi connectivity index (χ4v) is 2.70. The van der Waals surface area contributed by atoms with Gasteiger partial charge in [0, 0.05) is 19.7 Å². The van der Waals surface area contributed by atoms with Gasteiger partial charge in [-0.2, -0.15) is 0 Å². The van der Waals surface area contributed by atoms with Crippen LogP contribution < -0.4 is 0 Å². The predicted molar refractivity (Wildman–Crippen MR) is 91.3 cm³/mol. The van der Waals surface area contributed by atoms with Crippen LogP contribution in [0.2, 0.25) is 0 Å². The highest BCUT2D eigenvalue weighted by Crippen LogP contribution is 2.22. The SMILES string of the molecule is CCOC(=O)CCN(CCCO)C(=O)CN1C(=O)c2ccccc2C1=O. The molecule has 0 fully saturated rings. The van der Waals surface area contributed by atoms with E-state index >= 15 is 0 Å². The molecule has 1 aliphatic heterocycles. The number of carbonyl (C=O) groups excluding carboxylic acids is 4. The first-order valence-electron chi connectivity index (χ1n) is 8.49. The molecule has 0 aliphatic carbocycles. The van der Waals surface area contributed by atoms with Gasteiger partial charge in [0.15, 0.2) is 0 Å². The molecule has 2 rings (SSSR count). The number of rotatable bonds is 9. The second kappa shape index (κ2) is 9.10. The number of hydrogen-bond acceptors (Lipinski definition) is 6. The summed E-state index contributed by atoms with van der Waals surface area (Å²) in [5.41, 5.74) is 0.553. The van der Waals surface area contributed by atoms with Crippen molar-refractivity contribution in [1.29, 1.82) is 0 Å². The van der Waals surface area contributed by atoms with Gasteiger partial charge in [0.1, 0.15) is 6.54 Å². The van der Waals surface area contributed by atoms with Gasteiger partial charge in [-0.3, -0.25) is 24.1 Å². The molecule has 0 saturated carbocycles. The first-order chi connectivity index (χ1) is 12.5. The molecule has 140 valence electrons. The molecule has 0 spiro atoms. The van der Waals surface area contributed by atoms with Crippen LogP contribution >= 0.6 is 0 Å². The molecule has 0 saturated heterocycles. The highest BCUT2D eigenvalue weighted by atomic mass is 16.5. The second-order valence-corrected chi connectivity index (χ2v) is 5.76. The van der Waals surface area contributed by atoms with Crippen LogP contribution in [-0.4, -0.2) is 71.4 Å². The zero-order valence-corrected chi connectivity index (χ0v) is 14.6. The standard InChI is InChI=1S/C18H22N2O6/c1-2-26-16(23)8-10-19(9-5-11-21)15(22)12-20-17(24)13-6-3-4-7-14(13)18(20)25/h3-4,6-7,21H,2,5,8-12H2,1H3. The lowest BCUT2D eigenvalue weighted by molar-refractivity contribution is -0.144. The third kappa shape index (κ3) is 4.45. The fraction of sp³-hybridized carbons (Fsp3) is 0.444. The Bertz CT molecular complexity index is 668. The van der Waals surface area contributed by atoms with E-state index < -0.39 is 30.2 Å². The van der Waals surface area contributed by atoms with E-state index in [2.05, 4.69) is 0 Å². The zero-order valence-electron chi connectivity index (χ0n) is 14.6. The second-order valence-electron chi connectivity index (χ2n) is 5.76. The number of imide groups is 1. The van der Waals surface area contributed by atoms with Gasteiger partial charge >= 0.3 is 5.97 Å². The summed E-state index contributed by atoms with van der Waals surface area (Å²) in [7, 11) is 0. The molecular formula is C18H22N2O6. The van der Waals surface area contributed by atoms with Gasteiger partial charge < -0.3 is 14.7 Å². The van der Waals surface area contributed by atoms with Crippen molar-refractivity contribution < 1.29 is 29.0 Å². The summed E-state index contributed by atoms with van der Waals surface area (Å²) in [5.74, 6) is -1.91. The number of benzene rings is 1. The number of ether oxygens (including phenoxy) is 1. The average molecular weight is 362 g/mol. The number of aliphatic hydroxyl groups is 1. The molecule has 3 amide bonds. The molecule has 8 nitrogen and oxygen atoms in total. The smallest absolute Gasteiger partial charge is 0.307 e. The molecule has 8 heteroatoms. The van der Waals surface area contributed by atoms with Crippen molar-refractivity contribution in [2.45, 2.75) is 19.8 Å². The maximum Gasteiger partial charge on any atom is 0.307 e. The van der Waals surface area contributed by atoms with E-state index in [-0.39, 0.29) is 43.9 Å². The minimum Gasteiger partial charge on any atom is -0.466 e. The Labute approximate surface area is 151 Å². The topological polar surface area (TPSA) is 104 Å². The van der Waals surface area contributed by atoms with Crippen molar-refractivity contribution in [1.82, 2.24) is 9.80 Å². The summed E-state index contributed by atoms with van der Waals surface area (Å²) in [6.07, 6.45) is 0.337. The van der Waals surface area contributed by atoms with Gasteiger partial charge in [0.25, 0.3) is 11.8 Å². The molecule has 0 bridgehead atoms. The van der Waals surface area contributed by atoms with Crippen LogP contribution in [0.15, 0.2) is 24.3 Å². The third-order valence-corrected chi connectivity index (χ3v) is 4.00. The van der Waals surface area contributed by atoms with Gasteiger partial charge in [-0.05, 0) is 25.5 Å². The van der Waals surface area contributed by atoms with Crippen LogP contribution in [0.5, 0.6) is 0 Å². The molecule has 1 heterocycles. The fourth-order valence-electron chi connectivity index (χ4n) is 2.70. The number of hydrogen-bond donors (Lipinski definition) is 1. The Morgan fingerprint density at radius 3 is 2.27 bits per heavy atom. The lowest BCUT2D eigenvalue weighted by atomic mass is 10.1. The maximum absolute atomic E-state index is 12.6. The number of fused-ring (bicyclic) bond motifs is 1.